The topological polar surface area (TPSA) is 75.3 Å². The zero-order valence-corrected chi connectivity index (χ0v) is 16.7. The number of carbonyl (C=O) groups excluding carboxylic acids is 1. The van der Waals surface area contributed by atoms with Crippen LogP contribution in [0.25, 0.3) is 10.9 Å². The Balaban J connectivity index is 1.74. The monoisotopic (exact) mass is 429 g/mol. The van der Waals surface area contributed by atoms with Crippen molar-refractivity contribution in [3.63, 3.8) is 0 Å². The van der Waals surface area contributed by atoms with Crippen molar-refractivity contribution in [2.75, 3.05) is 20.7 Å². The number of aromatic amines is 1. The molecule has 0 amide bonds. The molecule has 0 fully saturated rings. The van der Waals surface area contributed by atoms with E-state index in [1.807, 2.05) is 19.2 Å². The first-order valence-corrected chi connectivity index (χ1v) is 9.30. The van der Waals surface area contributed by atoms with Gasteiger partial charge in [-0.2, -0.15) is 0 Å². The van der Waals surface area contributed by atoms with Gasteiger partial charge in [0.2, 0.25) is 0 Å². The Morgan fingerprint density at radius 1 is 1.22 bits per heavy atom. The number of methoxy groups -OCH3 is 1. The third-order valence-electron chi connectivity index (χ3n) is 4.29. The molecule has 0 aliphatic rings. The van der Waals surface area contributed by atoms with Crippen LogP contribution >= 0.6 is 15.9 Å². The first-order chi connectivity index (χ1) is 13.0. The molecule has 0 aliphatic carbocycles. The van der Waals surface area contributed by atoms with Crippen LogP contribution in [-0.2, 0) is 17.7 Å². The Bertz CT molecular complexity index is 1020. The van der Waals surface area contributed by atoms with Crippen molar-refractivity contribution in [2.45, 2.75) is 13.0 Å². The van der Waals surface area contributed by atoms with Crippen LogP contribution in [0.1, 0.15) is 21.7 Å². The van der Waals surface area contributed by atoms with Crippen LogP contribution < -0.4 is 5.56 Å². The Labute approximate surface area is 165 Å². The number of H-pyrrole nitrogens is 1. The van der Waals surface area contributed by atoms with Crippen LogP contribution in [0.5, 0.6) is 0 Å². The lowest BCUT2D eigenvalue weighted by atomic mass is 10.1. The number of likely N-dealkylation sites (N-methyl/N-ethyl adjacent to an activating group) is 1. The first-order valence-electron chi connectivity index (χ1n) is 8.50. The Hall–Kier alpha value is -2.51. The van der Waals surface area contributed by atoms with E-state index in [4.69, 9.17) is 4.74 Å². The van der Waals surface area contributed by atoms with E-state index < -0.39 is 5.97 Å². The second kappa shape index (κ2) is 8.45. The second-order valence-electron chi connectivity index (χ2n) is 6.35. The molecule has 0 saturated carbocycles. The standard InChI is InChI=1S/C20H20BrN3O3/c1-24(10-9-13-3-6-15(21)7-4-13)12-18-22-17-11-14(20(26)27-2)5-8-16(17)19(25)23-18/h3-8,11H,9-10,12H2,1-2H3,(H,22,23,25). The van der Waals surface area contributed by atoms with Gasteiger partial charge in [-0.3, -0.25) is 9.69 Å². The van der Waals surface area contributed by atoms with E-state index in [1.165, 1.54) is 12.7 Å². The van der Waals surface area contributed by atoms with Gasteiger partial charge in [0, 0.05) is 11.0 Å². The summed E-state index contributed by atoms with van der Waals surface area (Å²) in [6.07, 6.45) is 0.897. The number of rotatable bonds is 6. The average Bonchev–Trinajstić information content (AvgIpc) is 2.66. The van der Waals surface area contributed by atoms with Gasteiger partial charge in [-0.1, -0.05) is 28.1 Å². The van der Waals surface area contributed by atoms with Crippen molar-refractivity contribution >= 4 is 32.8 Å². The van der Waals surface area contributed by atoms with Gasteiger partial charge in [0.1, 0.15) is 5.82 Å². The molecule has 2 aromatic carbocycles. The molecule has 3 rings (SSSR count). The third kappa shape index (κ3) is 4.81. The first kappa shape index (κ1) is 19.3. The molecule has 1 N–H and O–H groups in total. The van der Waals surface area contributed by atoms with Crippen molar-refractivity contribution in [3.8, 4) is 0 Å². The van der Waals surface area contributed by atoms with Crippen molar-refractivity contribution in [3.05, 3.63) is 74.2 Å². The number of carbonyl (C=O) groups is 1. The molecular weight excluding hydrogens is 410 g/mol. The molecule has 0 bridgehead atoms. The quantitative estimate of drug-likeness (QED) is 0.609. The normalized spacial score (nSPS) is 11.1. The summed E-state index contributed by atoms with van der Waals surface area (Å²) in [5, 5.41) is 0.448. The number of fused-ring (bicyclic) bond motifs is 1. The number of benzene rings is 2. The molecule has 1 aromatic heterocycles. The highest BCUT2D eigenvalue weighted by Crippen LogP contribution is 2.13. The number of esters is 1. The summed E-state index contributed by atoms with van der Waals surface area (Å²) in [7, 11) is 3.30. The van der Waals surface area contributed by atoms with Crippen LogP contribution in [0.4, 0.5) is 0 Å². The van der Waals surface area contributed by atoms with E-state index in [2.05, 4.69) is 42.9 Å². The van der Waals surface area contributed by atoms with Gasteiger partial charge < -0.3 is 9.72 Å². The maximum atomic E-state index is 12.3. The summed E-state index contributed by atoms with van der Waals surface area (Å²) in [4.78, 5) is 33.4. The van der Waals surface area contributed by atoms with Crippen LogP contribution in [0.3, 0.4) is 0 Å². The minimum atomic E-state index is -0.452. The van der Waals surface area contributed by atoms with Crippen LogP contribution in [0, 0.1) is 0 Å². The van der Waals surface area contributed by atoms with Gasteiger partial charge in [0.05, 0.1) is 30.1 Å². The van der Waals surface area contributed by atoms with Gasteiger partial charge in [-0.05, 0) is 49.4 Å². The van der Waals surface area contributed by atoms with Crippen LogP contribution in [0.2, 0.25) is 0 Å². The Morgan fingerprint density at radius 2 is 1.96 bits per heavy atom. The fraction of sp³-hybridized carbons (Fsp3) is 0.250. The maximum absolute atomic E-state index is 12.3. The van der Waals surface area contributed by atoms with Gasteiger partial charge in [-0.25, -0.2) is 9.78 Å². The lowest BCUT2D eigenvalue weighted by Gasteiger charge is -2.16. The highest BCUT2D eigenvalue weighted by molar-refractivity contribution is 9.10. The van der Waals surface area contributed by atoms with Gasteiger partial charge in [-0.15, -0.1) is 0 Å². The van der Waals surface area contributed by atoms with Crippen LogP contribution in [-0.4, -0.2) is 41.5 Å². The molecule has 6 nitrogen and oxygen atoms in total. The van der Waals surface area contributed by atoms with Gasteiger partial charge >= 0.3 is 5.97 Å². The molecule has 0 atom stereocenters. The molecule has 7 heteroatoms. The smallest absolute Gasteiger partial charge is 0.337 e. The third-order valence-corrected chi connectivity index (χ3v) is 4.82. The zero-order valence-electron chi connectivity index (χ0n) is 15.2. The number of ether oxygens (including phenoxy) is 1. The predicted octanol–water partition coefficient (Wildman–Crippen LogP) is 3.15. The predicted molar refractivity (Wildman–Crippen MR) is 108 cm³/mol. The van der Waals surface area contributed by atoms with E-state index in [0.717, 1.165) is 17.4 Å². The molecule has 140 valence electrons. The molecule has 0 spiro atoms. The lowest BCUT2D eigenvalue weighted by molar-refractivity contribution is 0.0601. The summed E-state index contributed by atoms with van der Waals surface area (Å²) < 4.78 is 5.79. The minimum absolute atomic E-state index is 0.215. The molecule has 0 aliphatic heterocycles. The SMILES string of the molecule is COC(=O)c1ccc2c(=O)[nH]c(CN(C)CCc3ccc(Br)cc3)nc2c1. The highest BCUT2D eigenvalue weighted by Gasteiger charge is 2.11. The molecule has 1 heterocycles. The minimum Gasteiger partial charge on any atom is -0.465 e. The van der Waals surface area contributed by atoms with Crippen molar-refractivity contribution in [2.24, 2.45) is 0 Å². The molecule has 27 heavy (non-hydrogen) atoms. The molecule has 0 unspecified atom stereocenters. The van der Waals surface area contributed by atoms with E-state index >= 15 is 0 Å². The second-order valence-corrected chi connectivity index (χ2v) is 7.27. The van der Waals surface area contributed by atoms with E-state index in [1.54, 1.807) is 18.2 Å². The van der Waals surface area contributed by atoms with Crippen molar-refractivity contribution in [1.82, 2.24) is 14.9 Å². The number of aromatic nitrogens is 2. The van der Waals surface area contributed by atoms with Gasteiger partial charge in [0.15, 0.2) is 0 Å². The molecule has 0 saturated heterocycles. The van der Waals surface area contributed by atoms with Gasteiger partial charge in [0.25, 0.3) is 5.56 Å². The summed E-state index contributed by atoms with van der Waals surface area (Å²) in [6.45, 7) is 1.33. The van der Waals surface area contributed by atoms with E-state index in [-0.39, 0.29) is 5.56 Å². The number of hydrogen-bond donors (Lipinski definition) is 1. The lowest BCUT2D eigenvalue weighted by Crippen LogP contribution is -2.24. The maximum Gasteiger partial charge on any atom is 0.337 e. The molecule has 0 radical (unpaired) electrons. The van der Waals surface area contributed by atoms with Crippen molar-refractivity contribution < 1.29 is 9.53 Å². The zero-order chi connectivity index (χ0) is 19.4. The van der Waals surface area contributed by atoms with E-state index in [0.29, 0.717) is 28.8 Å². The fourth-order valence-corrected chi connectivity index (χ4v) is 3.08. The van der Waals surface area contributed by atoms with Crippen molar-refractivity contribution in [1.29, 1.82) is 0 Å². The average molecular weight is 430 g/mol. The summed E-state index contributed by atoms with van der Waals surface area (Å²) in [5.74, 6) is 0.111. The molecular formula is C20H20BrN3O3. The number of halogens is 1. The van der Waals surface area contributed by atoms with E-state index in [9.17, 15) is 9.59 Å². The largest absolute Gasteiger partial charge is 0.465 e. The Morgan fingerprint density at radius 3 is 2.67 bits per heavy atom. The summed E-state index contributed by atoms with van der Waals surface area (Å²) in [6, 6.07) is 13.0. The number of hydrogen-bond acceptors (Lipinski definition) is 5. The van der Waals surface area contributed by atoms with Crippen LogP contribution in [0.15, 0.2) is 51.7 Å². The fourth-order valence-electron chi connectivity index (χ4n) is 2.81. The highest BCUT2D eigenvalue weighted by atomic mass is 79.9. The summed E-state index contributed by atoms with van der Waals surface area (Å²) >= 11 is 3.43. The number of nitrogens with one attached hydrogen (secondary N) is 1. The molecule has 3 aromatic rings. The summed E-state index contributed by atoms with van der Waals surface area (Å²) in [5.41, 5.74) is 1.89. The Kier molecular flexibility index (Phi) is 6.03. The number of nitrogens with zero attached hydrogens (tertiary/aromatic N) is 2.